The summed E-state index contributed by atoms with van der Waals surface area (Å²) in [7, 11) is 0. The highest BCUT2D eigenvalue weighted by molar-refractivity contribution is 5.28. The first-order chi connectivity index (χ1) is 7.19. The maximum atomic E-state index is 10.4. The Bertz CT molecular complexity index is 351. The second-order valence-electron chi connectivity index (χ2n) is 5.36. The number of aliphatic hydroxyl groups is 1. The average molecular weight is 202 g/mol. The van der Waals surface area contributed by atoms with Gasteiger partial charge in [-0.1, -0.05) is 30.3 Å². The molecule has 1 aromatic carbocycles. The van der Waals surface area contributed by atoms with Crippen LogP contribution in [0.4, 0.5) is 0 Å². The SMILES string of the molecule is CC(O)(C1CC1)C1CC1c1ccccc1. The molecule has 0 amide bonds. The normalized spacial score (nSPS) is 33.5. The Morgan fingerprint density at radius 1 is 1.20 bits per heavy atom. The van der Waals surface area contributed by atoms with Crippen molar-refractivity contribution in [3.63, 3.8) is 0 Å². The summed E-state index contributed by atoms with van der Waals surface area (Å²) >= 11 is 0. The first-order valence-corrected chi connectivity index (χ1v) is 5.97. The fraction of sp³-hybridized carbons (Fsp3) is 0.571. The highest BCUT2D eigenvalue weighted by atomic mass is 16.3. The molecule has 2 aliphatic rings. The van der Waals surface area contributed by atoms with E-state index in [2.05, 4.69) is 30.3 Å². The zero-order chi connectivity index (χ0) is 10.5. The van der Waals surface area contributed by atoms with Gasteiger partial charge in [-0.3, -0.25) is 0 Å². The van der Waals surface area contributed by atoms with Crippen molar-refractivity contribution < 1.29 is 5.11 Å². The molecule has 1 N–H and O–H groups in total. The van der Waals surface area contributed by atoms with Gasteiger partial charge in [0.15, 0.2) is 0 Å². The van der Waals surface area contributed by atoms with E-state index in [0.717, 1.165) is 0 Å². The molecule has 0 spiro atoms. The molecular formula is C14H18O. The van der Waals surface area contributed by atoms with Crippen LogP contribution < -0.4 is 0 Å². The number of hydrogen-bond donors (Lipinski definition) is 1. The lowest BCUT2D eigenvalue weighted by molar-refractivity contribution is 0.0122. The zero-order valence-corrected chi connectivity index (χ0v) is 9.19. The van der Waals surface area contributed by atoms with Gasteiger partial charge in [0, 0.05) is 0 Å². The van der Waals surface area contributed by atoms with E-state index in [4.69, 9.17) is 0 Å². The second-order valence-corrected chi connectivity index (χ2v) is 5.36. The van der Waals surface area contributed by atoms with Crippen LogP contribution >= 0.6 is 0 Å². The molecule has 3 atom stereocenters. The average Bonchev–Trinajstić information content (AvgIpc) is 3.10. The summed E-state index contributed by atoms with van der Waals surface area (Å²) < 4.78 is 0. The molecule has 0 aromatic heterocycles. The van der Waals surface area contributed by atoms with Crippen molar-refractivity contribution in [1.82, 2.24) is 0 Å². The van der Waals surface area contributed by atoms with Crippen molar-refractivity contribution in [1.29, 1.82) is 0 Å². The molecule has 2 aliphatic carbocycles. The largest absolute Gasteiger partial charge is 0.390 e. The van der Waals surface area contributed by atoms with Crippen LogP contribution in [0, 0.1) is 11.8 Å². The van der Waals surface area contributed by atoms with E-state index >= 15 is 0 Å². The molecule has 0 radical (unpaired) electrons. The fourth-order valence-electron chi connectivity index (χ4n) is 2.88. The molecule has 3 rings (SSSR count). The van der Waals surface area contributed by atoms with E-state index in [1.807, 2.05) is 6.92 Å². The standard InChI is InChI=1S/C14H18O/c1-14(15,11-7-8-11)13-9-12(13)10-5-3-2-4-6-10/h2-6,11-13,15H,7-9H2,1H3. The number of benzene rings is 1. The van der Waals surface area contributed by atoms with Crippen molar-refractivity contribution >= 4 is 0 Å². The maximum absolute atomic E-state index is 10.4. The molecule has 15 heavy (non-hydrogen) atoms. The van der Waals surface area contributed by atoms with E-state index in [1.165, 1.54) is 24.8 Å². The molecule has 1 nitrogen and oxygen atoms in total. The van der Waals surface area contributed by atoms with Crippen LogP contribution in [0.2, 0.25) is 0 Å². The first kappa shape index (κ1) is 9.41. The molecule has 80 valence electrons. The number of rotatable bonds is 3. The molecule has 1 heteroatoms. The van der Waals surface area contributed by atoms with Crippen molar-refractivity contribution in [2.45, 2.75) is 37.7 Å². The summed E-state index contributed by atoms with van der Waals surface area (Å²) in [5, 5.41) is 10.4. The van der Waals surface area contributed by atoms with Gasteiger partial charge < -0.3 is 5.11 Å². The summed E-state index contributed by atoms with van der Waals surface area (Å²) in [5.74, 6) is 1.70. The minimum atomic E-state index is -0.402. The lowest BCUT2D eigenvalue weighted by Gasteiger charge is -2.23. The Labute approximate surface area is 91.1 Å². The summed E-state index contributed by atoms with van der Waals surface area (Å²) in [4.78, 5) is 0. The van der Waals surface area contributed by atoms with Crippen LogP contribution in [-0.4, -0.2) is 10.7 Å². The van der Waals surface area contributed by atoms with E-state index in [-0.39, 0.29) is 0 Å². The summed E-state index contributed by atoms with van der Waals surface area (Å²) in [6.45, 7) is 2.04. The fourth-order valence-corrected chi connectivity index (χ4v) is 2.88. The van der Waals surface area contributed by atoms with Gasteiger partial charge in [-0.25, -0.2) is 0 Å². The third kappa shape index (κ3) is 1.59. The molecule has 1 aromatic rings. The molecule has 2 fully saturated rings. The van der Waals surface area contributed by atoms with Crippen molar-refractivity contribution in [3.8, 4) is 0 Å². The number of hydrogen-bond acceptors (Lipinski definition) is 1. The molecule has 0 aliphatic heterocycles. The van der Waals surface area contributed by atoms with Crippen LogP contribution in [-0.2, 0) is 0 Å². The quantitative estimate of drug-likeness (QED) is 0.799. The Morgan fingerprint density at radius 3 is 2.47 bits per heavy atom. The predicted octanol–water partition coefficient (Wildman–Crippen LogP) is 2.95. The molecule has 2 saturated carbocycles. The van der Waals surface area contributed by atoms with Gasteiger partial charge in [-0.05, 0) is 49.5 Å². The highest BCUT2D eigenvalue weighted by Gasteiger charge is 2.55. The van der Waals surface area contributed by atoms with Crippen molar-refractivity contribution in [2.75, 3.05) is 0 Å². The summed E-state index contributed by atoms with van der Waals surface area (Å²) in [6, 6.07) is 10.6. The zero-order valence-electron chi connectivity index (χ0n) is 9.19. The van der Waals surface area contributed by atoms with Crippen LogP contribution in [0.25, 0.3) is 0 Å². The minimum Gasteiger partial charge on any atom is -0.390 e. The molecule has 0 bridgehead atoms. The van der Waals surface area contributed by atoms with Gasteiger partial charge in [-0.2, -0.15) is 0 Å². The third-order valence-electron chi connectivity index (χ3n) is 4.17. The van der Waals surface area contributed by atoms with Gasteiger partial charge in [0.1, 0.15) is 0 Å². The summed E-state index contributed by atoms with van der Waals surface area (Å²) in [6.07, 6.45) is 3.63. The topological polar surface area (TPSA) is 20.2 Å². The van der Waals surface area contributed by atoms with Crippen LogP contribution in [0.3, 0.4) is 0 Å². The molecule has 0 heterocycles. The Kier molecular flexibility index (Phi) is 1.93. The van der Waals surface area contributed by atoms with Gasteiger partial charge in [0.2, 0.25) is 0 Å². The third-order valence-corrected chi connectivity index (χ3v) is 4.17. The van der Waals surface area contributed by atoms with E-state index < -0.39 is 5.60 Å². The Balaban J connectivity index is 1.74. The van der Waals surface area contributed by atoms with Gasteiger partial charge >= 0.3 is 0 Å². The van der Waals surface area contributed by atoms with E-state index in [9.17, 15) is 5.11 Å². The van der Waals surface area contributed by atoms with E-state index in [1.54, 1.807) is 0 Å². The highest BCUT2D eigenvalue weighted by Crippen LogP contribution is 2.59. The molecule has 3 unspecified atom stereocenters. The van der Waals surface area contributed by atoms with Crippen molar-refractivity contribution in [2.24, 2.45) is 11.8 Å². The maximum Gasteiger partial charge on any atom is 0.0681 e. The lowest BCUT2D eigenvalue weighted by atomic mass is 9.91. The lowest BCUT2D eigenvalue weighted by Crippen LogP contribution is -2.30. The monoisotopic (exact) mass is 202 g/mol. The van der Waals surface area contributed by atoms with Crippen molar-refractivity contribution in [3.05, 3.63) is 35.9 Å². The van der Waals surface area contributed by atoms with Crippen LogP contribution in [0.15, 0.2) is 30.3 Å². The minimum absolute atomic E-state index is 0.402. The molecular weight excluding hydrogens is 184 g/mol. The Morgan fingerprint density at radius 2 is 1.87 bits per heavy atom. The van der Waals surface area contributed by atoms with Gasteiger partial charge in [0.25, 0.3) is 0 Å². The summed E-state index contributed by atoms with van der Waals surface area (Å²) in [5.41, 5.74) is 1.00. The smallest absolute Gasteiger partial charge is 0.0681 e. The first-order valence-electron chi connectivity index (χ1n) is 5.97. The molecule has 0 saturated heterocycles. The van der Waals surface area contributed by atoms with E-state index in [0.29, 0.717) is 17.8 Å². The van der Waals surface area contributed by atoms with Crippen LogP contribution in [0.1, 0.15) is 37.7 Å². The van der Waals surface area contributed by atoms with Gasteiger partial charge in [0.05, 0.1) is 5.60 Å². The Hall–Kier alpha value is -0.820. The predicted molar refractivity (Wildman–Crippen MR) is 60.6 cm³/mol. The van der Waals surface area contributed by atoms with Gasteiger partial charge in [-0.15, -0.1) is 0 Å². The second kappa shape index (κ2) is 3.08. The van der Waals surface area contributed by atoms with Crippen LogP contribution in [0.5, 0.6) is 0 Å².